The zero-order valence-electron chi connectivity index (χ0n) is 16.1. The van der Waals surface area contributed by atoms with E-state index >= 15 is 0 Å². The summed E-state index contributed by atoms with van der Waals surface area (Å²) in [6.07, 6.45) is 2.96. The Labute approximate surface area is 154 Å². The number of hydrogen-bond donors (Lipinski definition) is 2. The molecule has 0 saturated carbocycles. The first-order valence-corrected chi connectivity index (χ1v) is 8.93. The highest BCUT2D eigenvalue weighted by Crippen LogP contribution is 2.24. The first-order valence-electron chi connectivity index (χ1n) is 8.93. The molecule has 140 valence electrons. The van der Waals surface area contributed by atoms with Crippen molar-refractivity contribution in [1.29, 1.82) is 0 Å². The molecule has 1 aliphatic rings. The van der Waals surface area contributed by atoms with Crippen LogP contribution in [0.5, 0.6) is 0 Å². The van der Waals surface area contributed by atoms with Gasteiger partial charge in [-0.1, -0.05) is 0 Å². The maximum atomic E-state index is 11.9. The van der Waals surface area contributed by atoms with Crippen LogP contribution in [0, 0.1) is 20.8 Å². The van der Waals surface area contributed by atoms with Gasteiger partial charge in [-0.05, 0) is 27.2 Å². The highest BCUT2D eigenvalue weighted by atomic mass is 16.2. The highest BCUT2D eigenvalue weighted by Gasteiger charge is 2.26. The molecule has 1 saturated heterocycles. The molecule has 1 atom stereocenters. The van der Waals surface area contributed by atoms with E-state index in [1.807, 2.05) is 31.8 Å². The zero-order chi connectivity index (χ0) is 18.8. The SMILES string of the molecule is CNC(=O)c1nc(C)c(C)c(N2CC[C@@H](NCc3cnn(C)c3C)C2)n1. The molecule has 2 aromatic heterocycles. The number of aryl methyl sites for hydroxylation is 2. The topological polar surface area (TPSA) is 88.0 Å². The minimum absolute atomic E-state index is 0.230. The van der Waals surface area contributed by atoms with Gasteiger partial charge in [0, 0.05) is 62.3 Å². The van der Waals surface area contributed by atoms with Crippen molar-refractivity contribution >= 4 is 11.7 Å². The Hall–Kier alpha value is -2.48. The molecule has 0 aromatic carbocycles. The molecular formula is C18H27N7O. The van der Waals surface area contributed by atoms with Gasteiger partial charge in [0.2, 0.25) is 5.82 Å². The molecule has 1 fully saturated rings. The van der Waals surface area contributed by atoms with Crippen molar-refractivity contribution in [3.05, 3.63) is 34.5 Å². The summed E-state index contributed by atoms with van der Waals surface area (Å²) >= 11 is 0. The van der Waals surface area contributed by atoms with E-state index in [0.29, 0.717) is 6.04 Å². The number of nitrogens with one attached hydrogen (secondary N) is 2. The molecule has 0 unspecified atom stereocenters. The number of carbonyl (C=O) groups is 1. The number of aromatic nitrogens is 4. The van der Waals surface area contributed by atoms with E-state index < -0.39 is 0 Å². The first-order chi connectivity index (χ1) is 12.4. The van der Waals surface area contributed by atoms with Gasteiger partial charge >= 0.3 is 0 Å². The number of anilines is 1. The molecule has 2 N–H and O–H groups in total. The quantitative estimate of drug-likeness (QED) is 0.825. The number of amides is 1. The third-order valence-electron chi connectivity index (χ3n) is 5.20. The molecule has 1 aliphatic heterocycles. The van der Waals surface area contributed by atoms with Gasteiger partial charge in [-0.25, -0.2) is 9.97 Å². The molecule has 26 heavy (non-hydrogen) atoms. The van der Waals surface area contributed by atoms with Crippen molar-refractivity contribution in [3.63, 3.8) is 0 Å². The lowest BCUT2D eigenvalue weighted by Gasteiger charge is -2.21. The van der Waals surface area contributed by atoms with Crippen molar-refractivity contribution in [2.75, 3.05) is 25.0 Å². The predicted octanol–water partition coefficient (Wildman–Crippen LogP) is 0.863. The second kappa shape index (κ2) is 7.41. The Balaban J connectivity index is 1.69. The molecule has 0 aliphatic carbocycles. The summed E-state index contributed by atoms with van der Waals surface area (Å²) in [4.78, 5) is 23.0. The van der Waals surface area contributed by atoms with Gasteiger partial charge in [-0.2, -0.15) is 5.10 Å². The van der Waals surface area contributed by atoms with E-state index in [0.717, 1.165) is 43.1 Å². The van der Waals surface area contributed by atoms with Gasteiger partial charge < -0.3 is 15.5 Å². The van der Waals surface area contributed by atoms with Gasteiger partial charge in [0.15, 0.2) is 0 Å². The van der Waals surface area contributed by atoms with E-state index in [-0.39, 0.29) is 11.7 Å². The highest BCUT2D eigenvalue weighted by molar-refractivity contribution is 5.90. The molecule has 0 radical (unpaired) electrons. The smallest absolute Gasteiger partial charge is 0.288 e. The number of nitrogens with zero attached hydrogens (tertiary/aromatic N) is 5. The van der Waals surface area contributed by atoms with E-state index in [4.69, 9.17) is 0 Å². The average Bonchev–Trinajstić information content (AvgIpc) is 3.22. The molecule has 0 bridgehead atoms. The van der Waals surface area contributed by atoms with Crippen LogP contribution in [0.3, 0.4) is 0 Å². The van der Waals surface area contributed by atoms with Crippen LogP contribution in [0.4, 0.5) is 5.82 Å². The van der Waals surface area contributed by atoms with Crippen LogP contribution in [0.15, 0.2) is 6.20 Å². The summed E-state index contributed by atoms with van der Waals surface area (Å²) in [6.45, 7) is 8.60. The van der Waals surface area contributed by atoms with Gasteiger partial charge in [-0.3, -0.25) is 9.48 Å². The van der Waals surface area contributed by atoms with Gasteiger partial charge in [0.1, 0.15) is 5.82 Å². The summed E-state index contributed by atoms with van der Waals surface area (Å²) in [7, 11) is 3.55. The summed E-state index contributed by atoms with van der Waals surface area (Å²) in [5.41, 5.74) is 4.28. The standard InChI is InChI=1S/C18H27N7O/c1-11-12(2)22-16(18(26)19-4)23-17(11)25-7-6-15(10-25)20-8-14-9-21-24(5)13(14)3/h9,15,20H,6-8,10H2,1-5H3,(H,19,26)/t15-/m1/s1. The number of rotatable bonds is 5. The molecule has 2 aromatic rings. The van der Waals surface area contributed by atoms with Gasteiger partial charge in [0.25, 0.3) is 5.91 Å². The number of hydrogen-bond acceptors (Lipinski definition) is 6. The Morgan fingerprint density at radius 1 is 1.31 bits per heavy atom. The van der Waals surface area contributed by atoms with Crippen LogP contribution in [0.2, 0.25) is 0 Å². The summed E-state index contributed by atoms with van der Waals surface area (Å²) in [5, 5.41) is 10.5. The van der Waals surface area contributed by atoms with E-state index in [9.17, 15) is 4.79 Å². The van der Waals surface area contributed by atoms with Gasteiger partial charge in [0.05, 0.1) is 6.20 Å². The fourth-order valence-corrected chi connectivity index (χ4v) is 3.23. The molecule has 0 spiro atoms. The third-order valence-corrected chi connectivity index (χ3v) is 5.20. The minimum atomic E-state index is -0.254. The van der Waals surface area contributed by atoms with Gasteiger partial charge in [-0.15, -0.1) is 0 Å². The molecular weight excluding hydrogens is 330 g/mol. The minimum Gasteiger partial charge on any atom is -0.355 e. The molecule has 1 amide bonds. The molecule has 3 rings (SSSR count). The molecule has 8 nitrogen and oxygen atoms in total. The van der Waals surface area contributed by atoms with Crippen molar-refractivity contribution in [2.24, 2.45) is 7.05 Å². The normalized spacial score (nSPS) is 17.0. The average molecular weight is 357 g/mol. The van der Waals surface area contributed by atoms with Crippen LogP contribution in [-0.4, -0.2) is 51.8 Å². The Morgan fingerprint density at radius 3 is 2.73 bits per heavy atom. The fraction of sp³-hybridized carbons (Fsp3) is 0.556. The lowest BCUT2D eigenvalue weighted by atomic mass is 10.2. The molecule has 8 heteroatoms. The van der Waals surface area contributed by atoms with Crippen LogP contribution in [0.1, 0.15) is 39.6 Å². The second-order valence-electron chi connectivity index (χ2n) is 6.85. The first kappa shape index (κ1) is 18.3. The maximum Gasteiger partial charge on any atom is 0.288 e. The van der Waals surface area contributed by atoms with Crippen molar-refractivity contribution in [1.82, 2.24) is 30.4 Å². The predicted molar refractivity (Wildman–Crippen MR) is 100 cm³/mol. The van der Waals surface area contributed by atoms with Crippen molar-refractivity contribution in [2.45, 2.75) is 39.8 Å². The van der Waals surface area contributed by atoms with E-state index in [1.54, 1.807) is 7.05 Å². The van der Waals surface area contributed by atoms with E-state index in [1.165, 1.54) is 11.3 Å². The summed E-state index contributed by atoms with van der Waals surface area (Å²) < 4.78 is 1.89. The fourth-order valence-electron chi connectivity index (χ4n) is 3.23. The Morgan fingerprint density at radius 2 is 2.08 bits per heavy atom. The second-order valence-corrected chi connectivity index (χ2v) is 6.85. The van der Waals surface area contributed by atoms with Crippen LogP contribution in [0.25, 0.3) is 0 Å². The zero-order valence-corrected chi connectivity index (χ0v) is 16.1. The van der Waals surface area contributed by atoms with Crippen LogP contribution < -0.4 is 15.5 Å². The van der Waals surface area contributed by atoms with Crippen molar-refractivity contribution in [3.8, 4) is 0 Å². The lowest BCUT2D eigenvalue weighted by molar-refractivity contribution is 0.0952. The van der Waals surface area contributed by atoms with Crippen LogP contribution in [-0.2, 0) is 13.6 Å². The largest absolute Gasteiger partial charge is 0.355 e. The van der Waals surface area contributed by atoms with E-state index in [2.05, 4.69) is 37.5 Å². The Bertz CT molecular complexity index is 814. The van der Waals surface area contributed by atoms with Crippen molar-refractivity contribution < 1.29 is 4.79 Å². The Kier molecular flexibility index (Phi) is 5.22. The molecule has 3 heterocycles. The van der Waals surface area contributed by atoms with Crippen LogP contribution >= 0.6 is 0 Å². The lowest BCUT2D eigenvalue weighted by Crippen LogP contribution is -2.33. The summed E-state index contributed by atoms with van der Waals surface area (Å²) in [5.74, 6) is 0.834. The third kappa shape index (κ3) is 3.55. The maximum absolute atomic E-state index is 11.9. The number of carbonyl (C=O) groups excluding carboxylic acids is 1. The monoisotopic (exact) mass is 357 g/mol. The summed E-state index contributed by atoms with van der Waals surface area (Å²) in [6, 6.07) is 0.382.